The molecule has 1 aromatic carbocycles. The molecule has 0 aliphatic carbocycles. The van der Waals surface area contributed by atoms with Crippen molar-refractivity contribution >= 4 is 19.6 Å². The second-order valence-electron chi connectivity index (χ2n) is 3.69. The van der Waals surface area contributed by atoms with E-state index in [1.165, 1.54) is 0 Å². The van der Waals surface area contributed by atoms with Gasteiger partial charge in [-0.15, -0.1) is 5.10 Å². The van der Waals surface area contributed by atoms with Gasteiger partial charge in [-0.2, -0.15) is 0 Å². The zero-order valence-corrected chi connectivity index (χ0v) is 12.0. The smallest absolute Gasteiger partial charge is 0.313 e. The maximum Gasteiger partial charge on any atom is 0.332 e. The molecule has 0 saturated heterocycles. The number of nitrogens with zero attached hydrogens (tertiary/aromatic N) is 3. The van der Waals surface area contributed by atoms with Crippen LogP contribution >= 0.6 is 8.60 Å². The van der Waals surface area contributed by atoms with Crippen LogP contribution in [0, 0.1) is 0 Å². The summed E-state index contributed by atoms with van der Waals surface area (Å²) in [5, 5.41) is 8.19. The van der Waals surface area contributed by atoms with Crippen molar-refractivity contribution in [2.24, 2.45) is 0 Å². The van der Waals surface area contributed by atoms with Gasteiger partial charge in [-0.25, -0.2) is 4.68 Å². The quantitative estimate of drug-likeness (QED) is 0.697. The molecule has 0 fully saturated rings. The topological polar surface area (TPSA) is 58.4 Å². The summed E-state index contributed by atoms with van der Waals surface area (Å²) in [6.07, 6.45) is 0. The molecule has 0 aliphatic rings. The highest BCUT2D eigenvalue weighted by atomic mass is 31.2. The largest absolute Gasteiger partial charge is 0.332 e. The Bertz CT molecular complexity index is 500. The van der Waals surface area contributed by atoms with Crippen molar-refractivity contribution in [1.29, 1.82) is 0 Å². The number of rotatable bonds is 8. The van der Waals surface area contributed by atoms with Gasteiger partial charge in [0.2, 0.25) is 0 Å². The Morgan fingerprint density at radius 1 is 1.11 bits per heavy atom. The summed E-state index contributed by atoms with van der Waals surface area (Å²) in [5.74, 6) is 0. The summed E-state index contributed by atoms with van der Waals surface area (Å²) in [7, 11) is -1.25. The van der Waals surface area contributed by atoms with Gasteiger partial charge in [0, 0.05) is 0 Å². The van der Waals surface area contributed by atoms with Crippen LogP contribution in [0.2, 0.25) is 0 Å². The average Bonchev–Trinajstić information content (AvgIpc) is 2.83. The molecule has 0 bridgehead atoms. The first kappa shape index (κ1) is 14.3. The fourth-order valence-electron chi connectivity index (χ4n) is 1.61. The highest BCUT2D eigenvalue weighted by molar-refractivity contribution is 7.41. The van der Waals surface area contributed by atoms with Crippen LogP contribution < -0.4 is 0 Å². The van der Waals surface area contributed by atoms with Gasteiger partial charge >= 0.3 is 8.60 Å². The molecule has 0 N–H and O–H groups in total. The first-order chi connectivity index (χ1) is 9.35. The van der Waals surface area contributed by atoms with Gasteiger partial charge in [0.25, 0.3) is 0 Å². The Morgan fingerprint density at radius 3 is 2.58 bits per heavy atom. The summed E-state index contributed by atoms with van der Waals surface area (Å²) in [6.45, 7) is 6.11. The summed E-state index contributed by atoms with van der Waals surface area (Å²) >= 11 is 0. The molecule has 0 amide bonds. The lowest BCUT2D eigenvalue weighted by molar-refractivity contribution is 0.165. The first-order valence-corrected chi connectivity index (χ1v) is 7.41. The number of fused-ring (bicyclic) bond motifs is 1. The number of hydrogen-bond acceptors (Lipinski definition) is 5. The van der Waals surface area contributed by atoms with Gasteiger partial charge in [0.15, 0.2) is 0 Å². The van der Waals surface area contributed by atoms with E-state index in [1.54, 1.807) is 0 Å². The SMILES string of the molecule is CCOP(OCC)OCCn1nnc2ccccc21. The van der Waals surface area contributed by atoms with Crippen LogP contribution in [0.1, 0.15) is 13.8 Å². The van der Waals surface area contributed by atoms with E-state index >= 15 is 0 Å². The standard InChI is InChI=1S/C12H18N3O3P/c1-3-16-19(17-4-2)18-10-9-15-12-8-6-5-7-11(12)13-14-15/h5-8H,3-4,9-10H2,1-2H3. The molecule has 0 atom stereocenters. The molecular formula is C12H18N3O3P. The lowest BCUT2D eigenvalue weighted by Gasteiger charge is -2.14. The maximum atomic E-state index is 5.58. The molecule has 0 unspecified atom stereocenters. The van der Waals surface area contributed by atoms with Crippen LogP contribution in [0.15, 0.2) is 24.3 Å². The van der Waals surface area contributed by atoms with Crippen LogP contribution in [0.4, 0.5) is 0 Å². The molecule has 0 saturated carbocycles. The van der Waals surface area contributed by atoms with Crippen LogP contribution in [-0.2, 0) is 20.1 Å². The Balaban J connectivity index is 1.88. The van der Waals surface area contributed by atoms with E-state index in [4.69, 9.17) is 13.6 Å². The highest BCUT2D eigenvalue weighted by Crippen LogP contribution is 2.39. The van der Waals surface area contributed by atoms with E-state index in [0.29, 0.717) is 26.4 Å². The number of aromatic nitrogens is 3. The van der Waals surface area contributed by atoms with E-state index in [9.17, 15) is 0 Å². The molecule has 0 aliphatic heterocycles. The average molecular weight is 283 g/mol. The molecule has 0 radical (unpaired) electrons. The first-order valence-electron chi connectivity index (χ1n) is 6.32. The van der Waals surface area contributed by atoms with Gasteiger partial charge in [-0.3, -0.25) is 0 Å². The molecule has 2 aromatic rings. The lowest BCUT2D eigenvalue weighted by atomic mass is 10.3. The van der Waals surface area contributed by atoms with Crippen LogP contribution in [0.5, 0.6) is 0 Å². The normalized spacial score (nSPS) is 11.5. The Kier molecular flexibility index (Phi) is 5.66. The molecule has 2 rings (SSSR count). The Morgan fingerprint density at radius 2 is 1.84 bits per heavy atom. The van der Waals surface area contributed by atoms with Crippen LogP contribution in [-0.4, -0.2) is 34.8 Å². The van der Waals surface area contributed by atoms with Gasteiger partial charge in [0.1, 0.15) is 5.52 Å². The summed E-state index contributed by atoms with van der Waals surface area (Å²) in [5.41, 5.74) is 1.89. The van der Waals surface area contributed by atoms with Gasteiger partial charge in [0.05, 0.1) is 31.9 Å². The van der Waals surface area contributed by atoms with E-state index in [0.717, 1.165) is 11.0 Å². The fourth-order valence-corrected chi connectivity index (χ4v) is 2.48. The van der Waals surface area contributed by atoms with Crippen LogP contribution in [0.3, 0.4) is 0 Å². The molecule has 7 heteroatoms. The zero-order chi connectivity index (χ0) is 13.5. The third-order valence-corrected chi connectivity index (χ3v) is 3.72. The molecule has 104 valence electrons. The predicted octanol–water partition coefficient (Wildman–Crippen LogP) is 2.75. The van der Waals surface area contributed by atoms with E-state index in [2.05, 4.69) is 10.3 Å². The monoisotopic (exact) mass is 283 g/mol. The highest BCUT2D eigenvalue weighted by Gasteiger charge is 2.11. The molecule has 1 heterocycles. The number of benzene rings is 1. The van der Waals surface area contributed by atoms with E-state index in [1.807, 2.05) is 42.8 Å². The van der Waals surface area contributed by atoms with Crippen molar-refractivity contribution in [3.63, 3.8) is 0 Å². The summed E-state index contributed by atoms with van der Waals surface area (Å²) in [4.78, 5) is 0. The van der Waals surface area contributed by atoms with Gasteiger partial charge in [-0.05, 0) is 26.0 Å². The van der Waals surface area contributed by atoms with Crippen LogP contribution in [0.25, 0.3) is 11.0 Å². The van der Waals surface area contributed by atoms with Crippen molar-refractivity contribution in [3.05, 3.63) is 24.3 Å². The lowest BCUT2D eigenvalue weighted by Crippen LogP contribution is -2.07. The molecular weight excluding hydrogens is 265 g/mol. The maximum absolute atomic E-state index is 5.58. The molecule has 1 aromatic heterocycles. The van der Waals surface area contributed by atoms with Crippen molar-refractivity contribution in [2.45, 2.75) is 20.4 Å². The van der Waals surface area contributed by atoms with Crippen molar-refractivity contribution in [2.75, 3.05) is 19.8 Å². The summed E-state index contributed by atoms with van der Waals surface area (Å²) in [6, 6.07) is 7.84. The second-order valence-corrected chi connectivity index (χ2v) is 4.92. The Hall–Kier alpha value is -1.07. The zero-order valence-electron chi connectivity index (χ0n) is 11.2. The van der Waals surface area contributed by atoms with Crippen molar-refractivity contribution in [1.82, 2.24) is 15.0 Å². The Labute approximate surface area is 113 Å². The third-order valence-electron chi connectivity index (χ3n) is 2.39. The second kappa shape index (κ2) is 7.50. The van der Waals surface area contributed by atoms with Gasteiger partial charge in [-0.1, -0.05) is 17.3 Å². The summed E-state index contributed by atoms with van der Waals surface area (Å²) < 4.78 is 18.1. The molecule has 6 nitrogen and oxygen atoms in total. The fraction of sp³-hybridized carbons (Fsp3) is 0.500. The predicted molar refractivity (Wildman–Crippen MR) is 73.7 cm³/mol. The molecule has 0 spiro atoms. The number of para-hydroxylation sites is 1. The van der Waals surface area contributed by atoms with Crippen molar-refractivity contribution < 1.29 is 13.6 Å². The van der Waals surface area contributed by atoms with E-state index in [-0.39, 0.29) is 0 Å². The number of hydrogen-bond donors (Lipinski definition) is 0. The minimum Gasteiger partial charge on any atom is -0.313 e. The minimum absolute atomic E-state index is 0.485. The van der Waals surface area contributed by atoms with Gasteiger partial charge < -0.3 is 13.6 Å². The van der Waals surface area contributed by atoms with Crippen molar-refractivity contribution in [3.8, 4) is 0 Å². The van der Waals surface area contributed by atoms with E-state index < -0.39 is 8.60 Å². The minimum atomic E-state index is -1.25. The molecule has 19 heavy (non-hydrogen) atoms. The third kappa shape index (κ3) is 3.94.